The maximum Gasteiger partial charge on any atom is 0.322 e. The second kappa shape index (κ2) is 7.41. The molecule has 0 bridgehead atoms. The number of amides is 2. The molecule has 27 heavy (non-hydrogen) atoms. The zero-order valence-corrected chi connectivity index (χ0v) is 15.3. The third kappa shape index (κ3) is 3.67. The molecule has 0 saturated heterocycles. The lowest BCUT2D eigenvalue weighted by Crippen LogP contribution is -2.43. The highest BCUT2D eigenvalue weighted by molar-refractivity contribution is 6.30. The minimum absolute atomic E-state index is 0.222. The van der Waals surface area contributed by atoms with E-state index >= 15 is 0 Å². The molecule has 0 fully saturated rings. The van der Waals surface area contributed by atoms with Crippen LogP contribution in [0, 0.1) is 5.82 Å². The number of fused-ring (bicyclic) bond motifs is 1. The highest BCUT2D eigenvalue weighted by Crippen LogP contribution is 2.36. The van der Waals surface area contributed by atoms with Crippen molar-refractivity contribution >= 4 is 23.3 Å². The van der Waals surface area contributed by atoms with Crippen molar-refractivity contribution in [3.05, 3.63) is 100 Å². The van der Waals surface area contributed by atoms with Crippen molar-refractivity contribution < 1.29 is 9.18 Å². The van der Waals surface area contributed by atoms with Gasteiger partial charge in [0.05, 0.1) is 6.04 Å². The zero-order valence-electron chi connectivity index (χ0n) is 14.5. The summed E-state index contributed by atoms with van der Waals surface area (Å²) >= 11 is 6.04. The Hall–Kier alpha value is -2.85. The number of urea groups is 1. The average molecular weight is 381 g/mol. The third-order valence-corrected chi connectivity index (χ3v) is 5.06. The summed E-state index contributed by atoms with van der Waals surface area (Å²) in [5.41, 5.74) is 3.75. The molecule has 1 aliphatic heterocycles. The molecule has 0 spiro atoms. The molecule has 1 N–H and O–H groups in total. The van der Waals surface area contributed by atoms with Crippen LogP contribution in [0.2, 0.25) is 5.02 Å². The van der Waals surface area contributed by atoms with Crippen LogP contribution in [0.25, 0.3) is 0 Å². The fourth-order valence-electron chi connectivity index (χ4n) is 3.55. The maximum absolute atomic E-state index is 13.5. The van der Waals surface area contributed by atoms with Crippen molar-refractivity contribution in [1.29, 1.82) is 0 Å². The van der Waals surface area contributed by atoms with E-state index in [1.165, 1.54) is 17.7 Å². The van der Waals surface area contributed by atoms with Crippen LogP contribution < -0.4 is 5.32 Å². The maximum atomic E-state index is 13.5. The first-order chi connectivity index (χ1) is 13.1. The van der Waals surface area contributed by atoms with E-state index in [0.717, 1.165) is 17.5 Å². The second-order valence-corrected chi connectivity index (χ2v) is 6.97. The molecular weight excluding hydrogens is 363 g/mol. The van der Waals surface area contributed by atoms with Crippen molar-refractivity contribution in [2.24, 2.45) is 0 Å². The van der Waals surface area contributed by atoms with Gasteiger partial charge in [-0.2, -0.15) is 0 Å². The van der Waals surface area contributed by atoms with Gasteiger partial charge in [0.1, 0.15) is 5.82 Å². The Morgan fingerprint density at radius 1 is 1.04 bits per heavy atom. The molecule has 5 heteroatoms. The van der Waals surface area contributed by atoms with Crippen LogP contribution in [0.1, 0.15) is 22.7 Å². The molecule has 136 valence electrons. The number of nitrogens with one attached hydrogen (secondary N) is 1. The van der Waals surface area contributed by atoms with Gasteiger partial charge in [-0.15, -0.1) is 0 Å². The summed E-state index contributed by atoms with van der Waals surface area (Å²) < 4.78 is 13.5. The number of hydrogen-bond acceptors (Lipinski definition) is 1. The Morgan fingerprint density at radius 3 is 2.59 bits per heavy atom. The lowest BCUT2D eigenvalue weighted by Gasteiger charge is -2.37. The van der Waals surface area contributed by atoms with E-state index in [1.54, 1.807) is 17.0 Å². The van der Waals surface area contributed by atoms with Gasteiger partial charge in [0.2, 0.25) is 0 Å². The van der Waals surface area contributed by atoms with E-state index < -0.39 is 0 Å². The normalized spacial score (nSPS) is 15.9. The van der Waals surface area contributed by atoms with Gasteiger partial charge in [0.15, 0.2) is 0 Å². The number of carbonyl (C=O) groups excluding carboxylic acids is 1. The number of anilines is 1. The lowest BCUT2D eigenvalue weighted by atomic mass is 9.88. The summed E-state index contributed by atoms with van der Waals surface area (Å²) in [6, 6.07) is 21.1. The molecular formula is C22H18ClFN2O. The summed E-state index contributed by atoms with van der Waals surface area (Å²) in [7, 11) is 0. The fraction of sp³-hybridized carbons (Fsp3) is 0.136. The van der Waals surface area contributed by atoms with E-state index in [2.05, 4.69) is 17.4 Å². The van der Waals surface area contributed by atoms with Crippen molar-refractivity contribution in [3.8, 4) is 0 Å². The smallest absolute Gasteiger partial charge is 0.313 e. The monoisotopic (exact) mass is 380 g/mol. The first-order valence-electron chi connectivity index (χ1n) is 8.78. The summed E-state index contributed by atoms with van der Waals surface area (Å²) in [6.07, 6.45) is 0.775. The first-order valence-corrected chi connectivity index (χ1v) is 9.16. The number of nitrogens with zero attached hydrogens (tertiary/aromatic N) is 1. The van der Waals surface area contributed by atoms with Crippen molar-refractivity contribution in [2.75, 3.05) is 11.9 Å². The highest BCUT2D eigenvalue weighted by atomic mass is 35.5. The van der Waals surface area contributed by atoms with Gasteiger partial charge in [-0.05, 0) is 53.4 Å². The van der Waals surface area contributed by atoms with Crippen molar-refractivity contribution in [3.63, 3.8) is 0 Å². The Morgan fingerprint density at radius 2 is 1.81 bits per heavy atom. The van der Waals surface area contributed by atoms with Crippen molar-refractivity contribution in [1.82, 2.24) is 4.90 Å². The fourth-order valence-corrected chi connectivity index (χ4v) is 3.68. The molecule has 0 aliphatic carbocycles. The number of carbonyl (C=O) groups is 1. The molecule has 1 unspecified atom stereocenters. The van der Waals surface area contributed by atoms with E-state index in [-0.39, 0.29) is 17.9 Å². The van der Waals surface area contributed by atoms with E-state index in [4.69, 9.17) is 11.6 Å². The third-order valence-electron chi connectivity index (χ3n) is 4.81. The molecule has 1 atom stereocenters. The summed E-state index contributed by atoms with van der Waals surface area (Å²) in [6.45, 7) is 0.575. The molecule has 0 radical (unpaired) electrons. The SMILES string of the molecule is O=C(Nc1cccc(F)c1)N1CCc2ccccc2C1c1ccc(Cl)cc1. The number of halogens is 2. The number of benzene rings is 3. The van der Waals surface area contributed by atoms with Crippen LogP contribution in [0.4, 0.5) is 14.9 Å². The summed E-state index contributed by atoms with van der Waals surface area (Å²) in [5.74, 6) is -0.383. The Bertz CT molecular complexity index is 974. The van der Waals surface area contributed by atoms with E-state index in [0.29, 0.717) is 17.3 Å². The number of rotatable bonds is 2. The van der Waals surface area contributed by atoms with Gasteiger partial charge in [-0.25, -0.2) is 9.18 Å². The molecule has 0 saturated carbocycles. The molecule has 3 aromatic rings. The second-order valence-electron chi connectivity index (χ2n) is 6.54. The van der Waals surface area contributed by atoms with Crippen molar-refractivity contribution in [2.45, 2.75) is 12.5 Å². The number of hydrogen-bond donors (Lipinski definition) is 1. The molecule has 4 rings (SSSR count). The quantitative estimate of drug-likeness (QED) is 0.611. The Kier molecular flexibility index (Phi) is 4.82. The zero-order chi connectivity index (χ0) is 18.8. The molecule has 1 heterocycles. The minimum atomic E-state index is -0.383. The van der Waals surface area contributed by atoms with E-state index in [1.807, 2.05) is 36.4 Å². The minimum Gasteiger partial charge on any atom is -0.313 e. The Labute approximate surface area is 162 Å². The molecule has 0 aromatic heterocycles. The summed E-state index contributed by atoms with van der Waals surface area (Å²) in [4.78, 5) is 14.8. The predicted octanol–water partition coefficient (Wildman–Crippen LogP) is 5.66. The highest BCUT2D eigenvalue weighted by Gasteiger charge is 2.32. The standard InChI is InChI=1S/C22H18ClFN2O/c23-17-10-8-16(9-11-17)21-20-7-2-1-4-15(20)12-13-26(21)22(27)25-19-6-3-5-18(24)14-19/h1-11,14,21H,12-13H2,(H,25,27). The van der Waals surface area contributed by atoms with Gasteiger partial charge < -0.3 is 10.2 Å². The summed E-state index contributed by atoms with van der Waals surface area (Å²) in [5, 5.41) is 3.47. The topological polar surface area (TPSA) is 32.3 Å². The van der Waals surface area contributed by atoms with Crippen LogP contribution >= 0.6 is 11.6 Å². The molecule has 2 amide bonds. The van der Waals surface area contributed by atoms with Gasteiger partial charge in [-0.3, -0.25) is 0 Å². The first kappa shape index (κ1) is 17.6. The van der Waals surface area contributed by atoms with Gasteiger partial charge >= 0.3 is 6.03 Å². The van der Waals surface area contributed by atoms with Gasteiger partial charge in [0.25, 0.3) is 0 Å². The predicted molar refractivity (Wildman–Crippen MR) is 106 cm³/mol. The van der Waals surface area contributed by atoms with Crippen LogP contribution in [0.3, 0.4) is 0 Å². The van der Waals surface area contributed by atoms with Crippen LogP contribution in [0.5, 0.6) is 0 Å². The van der Waals surface area contributed by atoms with Gasteiger partial charge in [-0.1, -0.05) is 54.1 Å². The largest absolute Gasteiger partial charge is 0.322 e. The molecule has 3 aromatic carbocycles. The average Bonchev–Trinajstić information content (AvgIpc) is 2.68. The van der Waals surface area contributed by atoms with E-state index in [9.17, 15) is 9.18 Å². The lowest BCUT2D eigenvalue weighted by molar-refractivity contribution is 0.194. The van der Waals surface area contributed by atoms with Gasteiger partial charge in [0, 0.05) is 17.3 Å². The van der Waals surface area contributed by atoms with Crippen LogP contribution in [0.15, 0.2) is 72.8 Å². The molecule has 1 aliphatic rings. The van der Waals surface area contributed by atoms with Crippen LogP contribution in [-0.2, 0) is 6.42 Å². The van der Waals surface area contributed by atoms with Crippen LogP contribution in [-0.4, -0.2) is 17.5 Å². The Balaban J connectivity index is 1.70. The molecule has 3 nitrogen and oxygen atoms in total.